The predicted octanol–water partition coefficient (Wildman–Crippen LogP) is 6.08. The van der Waals surface area contributed by atoms with Crippen molar-refractivity contribution >= 4 is 11.9 Å². The first-order valence-electron chi connectivity index (χ1n) is 13.6. The zero-order chi connectivity index (χ0) is 28.4. The van der Waals surface area contributed by atoms with E-state index in [-0.39, 0.29) is 18.0 Å². The number of carbonyl (C=O) groups excluding carboxylic acids is 2. The Hall–Kier alpha value is -3.64. The third-order valence-corrected chi connectivity index (χ3v) is 7.19. The van der Waals surface area contributed by atoms with Crippen LogP contribution in [0.3, 0.4) is 0 Å². The largest absolute Gasteiger partial charge is 0.490 e. The molecule has 3 aromatic carbocycles. The van der Waals surface area contributed by atoms with E-state index in [4.69, 9.17) is 9.47 Å². The Labute approximate surface area is 233 Å². The molecular weight excluding hydrogens is 488 g/mol. The van der Waals surface area contributed by atoms with E-state index in [1.807, 2.05) is 69.3 Å². The van der Waals surface area contributed by atoms with Crippen LogP contribution >= 0.6 is 0 Å². The van der Waals surface area contributed by atoms with Crippen molar-refractivity contribution < 1.29 is 19.1 Å². The molecule has 1 aliphatic rings. The van der Waals surface area contributed by atoms with Gasteiger partial charge in [-0.1, -0.05) is 73.7 Å². The molecule has 1 N–H and O–H groups in total. The van der Waals surface area contributed by atoms with Crippen molar-refractivity contribution in [2.24, 2.45) is 0 Å². The molecule has 39 heavy (non-hydrogen) atoms. The highest BCUT2D eigenvalue weighted by Gasteiger charge is 2.41. The van der Waals surface area contributed by atoms with Crippen LogP contribution in [0.5, 0.6) is 5.75 Å². The highest BCUT2D eigenvalue weighted by molar-refractivity contribution is 5.93. The number of cyclic esters (lactones) is 1. The summed E-state index contributed by atoms with van der Waals surface area (Å²) in [6, 6.07) is 26.8. The molecule has 0 bridgehead atoms. The molecule has 6 heteroatoms. The molecule has 0 saturated carbocycles. The Balaban J connectivity index is 0.000000230. The lowest BCUT2D eigenvalue weighted by molar-refractivity contribution is -0.123. The summed E-state index contributed by atoms with van der Waals surface area (Å²) < 4.78 is 10.6. The predicted molar refractivity (Wildman–Crippen MR) is 156 cm³/mol. The Bertz CT molecular complexity index is 1150. The third kappa shape index (κ3) is 7.93. The molecule has 6 nitrogen and oxygen atoms in total. The Morgan fingerprint density at radius 2 is 1.54 bits per heavy atom. The molecule has 0 radical (unpaired) electrons. The number of Topliss-reactive ketones (excluding diaryl/α,β-unsaturated/α-hetero) is 1. The first-order chi connectivity index (χ1) is 18.6. The van der Waals surface area contributed by atoms with Crippen molar-refractivity contribution in [3.05, 3.63) is 101 Å². The maximum atomic E-state index is 13.2. The van der Waals surface area contributed by atoms with Gasteiger partial charge in [0.25, 0.3) is 0 Å². The number of rotatable bonds is 10. The number of ketones is 1. The molecule has 3 aromatic rings. The number of hydrogen-bond donors (Lipinski definition) is 1. The van der Waals surface area contributed by atoms with Gasteiger partial charge in [-0.15, -0.1) is 0 Å². The maximum absolute atomic E-state index is 13.2. The molecule has 1 heterocycles. The molecule has 2 unspecified atom stereocenters. The van der Waals surface area contributed by atoms with Gasteiger partial charge in [0.1, 0.15) is 18.1 Å². The lowest BCUT2D eigenvalue weighted by Crippen LogP contribution is -2.42. The molecule has 208 valence electrons. The summed E-state index contributed by atoms with van der Waals surface area (Å²) in [7, 11) is 4.14. The van der Waals surface area contributed by atoms with Gasteiger partial charge in [0.15, 0.2) is 6.10 Å². The number of amides is 1. The lowest BCUT2D eigenvalue weighted by Gasteiger charge is -2.37. The molecule has 0 aliphatic carbocycles. The number of benzene rings is 3. The molecule has 1 fully saturated rings. The standard InChI is InChI=1S/C21H27NO.C12H15NO3/c1-5-20(23)21(16-17(2)22(3)4,18-12-8-6-9-13-18)19-14-10-7-11-15-19;1-8-3-9(2)5-10(4-8)15-7-11-6-13-12(14)16-11/h6-15,17H,5,16H2,1-4H3;3-5,11H,6-7H2,1-2H3,(H,13,14). The first-order valence-corrected chi connectivity index (χ1v) is 13.6. The van der Waals surface area contributed by atoms with Crippen LogP contribution in [0, 0.1) is 13.8 Å². The summed E-state index contributed by atoms with van der Waals surface area (Å²) in [5.41, 5.74) is 3.92. The van der Waals surface area contributed by atoms with E-state index in [1.165, 1.54) is 0 Å². The number of carbonyl (C=O) groups is 2. The maximum Gasteiger partial charge on any atom is 0.407 e. The van der Waals surface area contributed by atoms with E-state index < -0.39 is 5.41 Å². The minimum Gasteiger partial charge on any atom is -0.490 e. The van der Waals surface area contributed by atoms with E-state index in [0.717, 1.165) is 34.4 Å². The summed E-state index contributed by atoms with van der Waals surface area (Å²) in [5.74, 6) is 1.10. The Morgan fingerprint density at radius 1 is 1.00 bits per heavy atom. The number of hydrogen-bond acceptors (Lipinski definition) is 5. The van der Waals surface area contributed by atoms with Crippen LogP contribution in [0.1, 0.15) is 48.9 Å². The number of alkyl carbamates (subject to hydrolysis) is 1. The molecule has 0 aromatic heterocycles. The van der Waals surface area contributed by atoms with Crippen LogP contribution in [0.25, 0.3) is 0 Å². The fourth-order valence-corrected chi connectivity index (χ4v) is 4.94. The summed E-state index contributed by atoms with van der Waals surface area (Å²) in [4.78, 5) is 26.1. The Morgan fingerprint density at radius 3 is 1.97 bits per heavy atom. The van der Waals surface area contributed by atoms with Crippen molar-refractivity contribution in [2.45, 2.75) is 58.1 Å². The molecule has 1 aliphatic heterocycles. The zero-order valence-electron chi connectivity index (χ0n) is 24.1. The van der Waals surface area contributed by atoms with Crippen molar-refractivity contribution in [1.29, 1.82) is 0 Å². The van der Waals surface area contributed by atoms with Gasteiger partial charge in [-0.25, -0.2) is 4.79 Å². The normalized spacial score (nSPS) is 15.6. The minimum atomic E-state index is -0.582. The van der Waals surface area contributed by atoms with Crippen molar-refractivity contribution in [2.75, 3.05) is 27.2 Å². The van der Waals surface area contributed by atoms with Crippen LogP contribution < -0.4 is 10.1 Å². The smallest absolute Gasteiger partial charge is 0.407 e. The van der Waals surface area contributed by atoms with E-state index in [9.17, 15) is 9.59 Å². The van der Waals surface area contributed by atoms with Crippen LogP contribution in [-0.2, 0) is 14.9 Å². The van der Waals surface area contributed by atoms with E-state index in [0.29, 0.717) is 25.6 Å². The zero-order valence-corrected chi connectivity index (χ0v) is 24.1. The quantitative estimate of drug-likeness (QED) is 0.344. The molecule has 4 rings (SSSR count). The van der Waals surface area contributed by atoms with Crippen LogP contribution in [0.4, 0.5) is 4.79 Å². The second-order valence-corrected chi connectivity index (χ2v) is 10.5. The fourth-order valence-electron chi connectivity index (χ4n) is 4.94. The van der Waals surface area contributed by atoms with Crippen molar-refractivity contribution in [1.82, 2.24) is 10.2 Å². The molecule has 0 spiro atoms. The first kappa shape index (κ1) is 29.9. The summed E-state index contributed by atoms with van der Waals surface area (Å²) >= 11 is 0. The monoisotopic (exact) mass is 530 g/mol. The number of ether oxygens (including phenoxy) is 2. The van der Waals surface area contributed by atoms with Crippen LogP contribution in [-0.4, -0.2) is 56.2 Å². The highest BCUT2D eigenvalue weighted by atomic mass is 16.6. The SMILES string of the molecule is CCC(=O)C(CC(C)N(C)C)(c1ccccc1)c1ccccc1.Cc1cc(C)cc(OCC2CNC(=O)O2)c1. The average Bonchev–Trinajstić information content (AvgIpc) is 3.35. The molecular formula is C33H42N2O4. The second-order valence-electron chi connectivity index (χ2n) is 10.5. The fraction of sp³-hybridized carbons (Fsp3) is 0.394. The van der Waals surface area contributed by atoms with Crippen molar-refractivity contribution in [3.63, 3.8) is 0 Å². The summed E-state index contributed by atoms with van der Waals surface area (Å²) in [6.45, 7) is 9.10. The average molecular weight is 531 g/mol. The van der Waals surface area contributed by atoms with E-state index in [1.54, 1.807) is 0 Å². The van der Waals surface area contributed by atoms with Gasteiger partial charge in [-0.05, 0) is 75.7 Å². The topological polar surface area (TPSA) is 67.9 Å². The molecule has 2 atom stereocenters. The van der Waals surface area contributed by atoms with Crippen LogP contribution in [0.15, 0.2) is 78.9 Å². The molecule has 1 saturated heterocycles. The van der Waals surface area contributed by atoms with Gasteiger partial charge in [0.2, 0.25) is 0 Å². The minimum absolute atomic E-state index is 0.187. The van der Waals surface area contributed by atoms with Gasteiger partial charge in [-0.2, -0.15) is 0 Å². The van der Waals surface area contributed by atoms with Crippen molar-refractivity contribution in [3.8, 4) is 5.75 Å². The molecule has 1 amide bonds. The van der Waals surface area contributed by atoms with E-state index >= 15 is 0 Å². The number of nitrogens with zero attached hydrogens (tertiary/aromatic N) is 1. The second kappa shape index (κ2) is 13.9. The third-order valence-electron chi connectivity index (χ3n) is 7.19. The van der Waals surface area contributed by atoms with Gasteiger partial charge < -0.3 is 19.7 Å². The highest BCUT2D eigenvalue weighted by Crippen LogP contribution is 2.39. The van der Waals surface area contributed by atoms with Gasteiger partial charge >= 0.3 is 6.09 Å². The Kier molecular flexibility index (Phi) is 10.7. The number of aryl methyl sites for hydroxylation is 2. The van der Waals surface area contributed by atoms with E-state index in [2.05, 4.69) is 61.6 Å². The van der Waals surface area contributed by atoms with Crippen LogP contribution in [0.2, 0.25) is 0 Å². The summed E-state index contributed by atoms with van der Waals surface area (Å²) in [6.07, 6.45) is 0.757. The summed E-state index contributed by atoms with van der Waals surface area (Å²) in [5, 5.41) is 2.59. The van der Waals surface area contributed by atoms with Gasteiger partial charge in [-0.3, -0.25) is 4.79 Å². The lowest BCUT2D eigenvalue weighted by atomic mass is 9.67. The van der Waals surface area contributed by atoms with Gasteiger partial charge in [0.05, 0.1) is 12.0 Å². The number of nitrogens with one attached hydrogen (secondary N) is 1. The van der Waals surface area contributed by atoms with Gasteiger partial charge in [0, 0.05) is 12.5 Å².